The lowest BCUT2D eigenvalue weighted by molar-refractivity contribution is 0.0634. The van der Waals surface area contributed by atoms with Crippen molar-refractivity contribution in [2.45, 2.75) is 58.6 Å². The van der Waals surface area contributed by atoms with E-state index in [1.807, 2.05) is 6.92 Å². The molecule has 2 fully saturated rings. The van der Waals surface area contributed by atoms with Crippen LogP contribution in [0.1, 0.15) is 47.0 Å². The molecule has 0 radical (unpaired) electrons. The lowest BCUT2D eigenvalue weighted by Crippen LogP contribution is -2.50. The van der Waals surface area contributed by atoms with Crippen LogP contribution in [0, 0.1) is 16.7 Å². The molecule has 2 aliphatic carbocycles. The summed E-state index contributed by atoms with van der Waals surface area (Å²) in [4.78, 5) is 0. The summed E-state index contributed by atoms with van der Waals surface area (Å²) < 4.78 is 0. The third kappa shape index (κ3) is 2.23. The predicted molar refractivity (Wildman–Crippen MR) is 80.0 cm³/mol. The van der Waals surface area contributed by atoms with Crippen LogP contribution in [0.25, 0.3) is 0 Å². The van der Waals surface area contributed by atoms with Gasteiger partial charge in [0.15, 0.2) is 0 Å². The van der Waals surface area contributed by atoms with Crippen LogP contribution in [0.2, 0.25) is 0 Å². The summed E-state index contributed by atoms with van der Waals surface area (Å²) in [7, 11) is 0. The molecular weight excluding hydrogens is 242 g/mol. The summed E-state index contributed by atoms with van der Waals surface area (Å²) in [5, 5.41) is 13.9. The predicted octanol–water partition coefficient (Wildman–Crippen LogP) is 2.90. The van der Waals surface area contributed by atoms with Crippen molar-refractivity contribution in [2.75, 3.05) is 18.6 Å². The first-order valence-corrected chi connectivity index (χ1v) is 8.57. The molecule has 0 saturated heterocycles. The normalized spacial score (nSPS) is 41.0. The maximum atomic E-state index is 10.3. The lowest BCUT2D eigenvalue weighted by Gasteiger charge is -2.40. The highest BCUT2D eigenvalue weighted by molar-refractivity contribution is 7.98. The largest absolute Gasteiger partial charge is 0.388 e. The number of hydrogen-bond donors (Lipinski definition) is 2. The second-order valence-corrected chi connectivity index (χ2v) is 8.34. The molecule has 0 aromatic rings. The summed E-state index contributed by atoms with van der Waals surface area (Å²) in [5.41, 5.74) is 0.283. The van der Waals surface area contributed by atoms with Crippen molar-refractivity contribution in [3.05, 3.63) is 0 Å². The molecule has 0 aliphatic heterocycles. The highest BCUT2D eigenvalue weighted by Crippen LogP contribution is 2.65. The van der Waals surface area contributed by atoms with Gasteiger partial charge in [0.2, 0.25) is 0 Å². The minimum atomic E-state index is -0.582. The minimum Gasteiger partial charge on any atom is -0.388 e. The zero-order valence-electron chi connectivity index (χ0n) is 12.5. The van der Waals surface area contributed by atoms with Gasteiger partial charge in [-0.15, -0.1) is 0 Å². The SMILES string of the molecule is CSCC(C)(O)CNC1CC2CCC1(C)C2(C)C. The molecule has 2 nitrogen and oxygen atoms in total. The van der Waals surface area contributed by atoms with Crippen molar-refractivity contribution in [3.63, 3.8) is 0 Å². The van der Waals surface area contributed by atoms with Crippen LogP contribution < -0.4 is 5.32 Å². The number of fused-ring (bicyclic) bond motifs is 2. The van der Waals surface area contributed by atoms with Gasteiger partial charge in [-0.25, -0.2) is 0 Å². The Kier molecular flexibility index (Phi) is 3.81. The van der Waals surface area contributed by atoms with E-state index < -0.39 is 5.60 Å². The Morgan fingerprint density at radius 2 is 2.06 bits per heavy atom. The molecule has 0 aromatic heterocycles. The molecular formula is C15H29NOS. The second kappa shape index (κ2) is 4.68. The molecule has 2 bridgehead atoms. The number of thioether (sulfide) groups is 1. The van der Waals surface area contributed by atoms with Crippen molar-refractivity contribution in [1.82, 2.24) is 5.32 Å². The third-order valence-electron chi connectivity index (χ3n) is 5.98. The van der Waals surface area contributed by atoms with E-state index in [1.165, 1.54) is 19.3 Å². The molecule has 18 heavy (non-hydrogen) atoms. The van der Waals surface area contributed by atoms with E-state index in [0.29, 0.717) is 16.9 Å². The fourth-order valence-electron chi connectivity index (χ4n) is 4.22. The van der Waals surface area contributed by atoms with E-state index in [2.05, 4.69) is 32.3 Å². The Morgan fingerprint density at radius 3 is 2.50 bits per heavy atom. The molecule has 2 N–H and O–H groups in total. The maximum Gasteiger partial charge on any atom is 0.0833 e. The van der Waals surface area contributed by atoms with Gasteiger partial charge in [-0.05, 0) is 49.2 Å². The summed E-state index contributed by atoms with van der Waals surface area (Å²) >= 11 is 1.72. The van der Waals surface area contributed by atoms with Crippen molar-refractivity contribution in [2.24, 2.45) is 16.7 Å². The Balaban J connectivity index is 1.97. The van der Waals surface area contributed by atoms with Crippen molar-refractivity contribution in [1.29, 1.82) is 0 Å². The monoisotopic (exact) mass is 271 g/mol. The number of hydrogen-bond acceptors (Lipinski definition) is 3. The van der Waals surface area contributed by atoms with Crippen LogP contribution in [0.15, 0.2) is 0 Å². The van der Waals surface area contributed by atoms with Crippen LogP contribution in [-0.2, 0) is 0 Å². The van der Waals surface area contributed by atoms with Crippen LogP contribution in [0.3, 0.4) is 0 Å². The van der Waals surface area contributed by atoms with E-state index in [9.17, 15) is 5.11 Å². The molecule has 3 heteroatoms. The van der Waals surface area contributed by atoms with Gasteiger partial charge in [0.05, 0.1) is 5.60 Å². The van der Waals surface area contributed by atoms with Gasteiger partial charge in [0.25, 0.3) is 0 Å². The van der Waals surface area contributed by atoms with E-state index in [-0.39, 0.29) is 0 Å². The van der Waals surface area contributed by atoms with Crippen LogP contribution in [0.5, 0.6) is 0 Å². The molecule has 2 saturated carbocycles. The lowest BCUT2D eigenvalue weighted by atomic mass is 9.69. The molecule has 2 aliphatic rings. The quantitative estimate of drug-likeness (QED) is 0.806. The van der Waals surface area contributed by atoms with E-state index in [4.69, 9.17) is 0 Å². The molecule has 0 spiro atoms. The number of rotatable bonds is 5. The van der Waals surface area contributed by atoms with Gasteiger partial charge in [-0.1, -0.05) is 20.8 Å². The van der Waals surface area contributed by atoms with Crippen molar-refractivity contribution < 1.29 is 5.11 Å². The Labute approximate surface area is 116 Å². The van der Waals surface area contributed by atoms with Gasteiger partial charge >= 0.3 is 0 Å². The smallest absolute Gasteiger partial charge is 0.0833 e. The standard InChI is InChI=1S/C15H29NOS/c1-13(2)11-6-7-15(13,4)12(8-11)16-9-14(3,17)10-18-5/h11-12,16-17H,6-10H2,1-5H3. The molecule has 4 unspecified atom stereocenters. The highest BCUT2D eigenvalue weighted by Gasteiger charge is 2.61. The van der Waals surface area contributed by atoms with Crippen molar-refractivity contribution in [3.8, 4) is 0 Å². The molecule has 0 heterocycles. The fraction of sp³-hybridized carbons (Fsp3) is 1.00. The summed E-state index contributed by atoms with van der Waals surface area (Å²) in [6.45, 7) is 9.98. The van der Waals surface area contributed by atoms with Gasteiger partial charge in [-0.2, -0.15) is 11.8 Å². The minimum absolute atomic E-state index is 0.410. The van der Waals surface area contributed by atoms with Crippen LogP contribution >= 0.6 is 11.8 Å². The van der Waals surface area contributed by atoms with Gasteiger partial charge in [0.1, 0.15) is 0 Å². The first-order chi connectivity index (χ1) is 8.23. The van der Waals surface area contributed by atoms with Crippen molar-refractivity contribution >= 4 is 11.8 Å². The molecule has 2 rings (SSSR count). The van der Waals surface area contributed by atoms with E-state index in [1.54, 1.807) is 11.8 Å². The molecule has 4 atom stereocenters. The molecule has 106 valence electrons. The van der Waals surface area contributed by atoms with Gasteiger partial charge < -0.3 is 10.4 Å². The number of nitrogens with one attached hydrogen (secondary N) is 1. The highest BCUT2D eigenvalue weighted by atomic mass is 32.2. The van der Waals surface area contributed by atoms with Gasteiger partial charge in [-0.3, -0.25) is 0 Å². The molecule has 0 amide bonds. The first-order valence-electron chi connectivity index (χ1n) is 7.18. The Hall–Kier alpha value is 0.270. The Bertz CT molecular complexity index is 316. The van der Waals surface area contributed by atoms with Crippen LogP contribution in [-0.4, -0.2) is 35.3 Å². The Morgan fingerprint density at radius 1 is 1.39 bits per heavy atom. The summed E-state index contributed by atoms with van der Waals surface area (Å²) in [6, 6.07) is 0.583. The number of aliphatic hydroxyl groups is 1. The average Bonchev–Trinajstić information content (AvgIpc) is 2.58. The average molecular weight is 271 g/mol. The zero-order valence-corrected chi connectivity index (χ0v) is 13.4. The second-order valence-electron chi connectivity index (χ2n) is 7.47. The summed E-state index contributed by atoms with van der Waals surface area (Å²) in [6.07, 6.45) is 6.07. The van der Waals surface area contributed by atoms with E-state index >= 15 is 0 Å². The van der Waals surface area contributed by atoms with Crippen LogP contribution in [0.4, 0.5) is 0 Å². The first kappa shape index (κ1) is 14.7. The third-order valence-corrected chi connectivity index (χ3v) is 6.89. The maximum absolute atomic E-state index is 10.3. The topological polar surface area (TPSA) is 32.3 Å². The van der Waals surface area contributed by atoms with Gasteiger partial charge in [0, 0.05) is 18.3 Å². The fourth-order valence-corrected chi connectivity index (χ4v) is 4.94. The summed E-state index contributed by atoms with van der Waals surface area (Å²) in [5.74, 6) is 1.67. The molecule has 0 aromatic carbocycles. The zero-order chi connectivity index (χ0) is 13.6. The van der Waals surface area contributed by atoms with E-state index in [0.717, 1.165) is 18.2 Å².